The van der Waals surface area contributed by atoms with Gasteiger partial charge in [-0.2, -0.15) is 0 Å². The van der Waals surface area contributed by atoms with E-state index in [0.717, 1.165) is 30.5 Å². The molecule has 7 nitrogen and oxygen atoms in total. The monoisotopic (exact) mass is 393 g/mol. The maximum atomic E-state index is 13.1. The highest BCUT2D eigenvalue weighted by Gasteiger charge is 2.38. The third-order valence-corrected chi connectivity index (χ3v) is 7.45. The molecule has 0 radical (unpaired) electrons. The molecule has 146 valence electrons. The number of carbonyl (C=O) groups excluding carboxylic acids is 1. The van der Waals surface area contributed by atoms with Gasteiger partial charge in [-0.3, -0.25) is 4.79 Å². The number of nitrogens with zero attached hydrogens (tertiary/aromatic N) is 1. The summed E-state index contributed by atoms with van der Waals surface area (Å²) in [6.45, 7) is 3.07. The van der Waals surface area contributed by atoms with E-state index >= 15 is 0 Å². The summed E-state index contributed by atoms with van der Waals surface area (Å²) in [5, 5.41) is 0.906. The van der Waals surface area contributed by atoms with Crippen molar-refractivity contribution >= 4 is 26.7 Å². The van der Waals surface area contributed by atoms with Gasteiger partial charge in [0.05, 0.1) is 38.5 Å². The molecule has 0 unspecified atom stereocenters. The summed E-state index contributed by atoms with van der Waals surface area (Å²) < 4.78 is 34.6. The Morgan fingerprint density at radius 2 is 2.04 bits per heavy atom. The van der Waals surface area contributed by atoms with Gasteiger partial charge in [-0.05, 0) is 6.07 Å². The smallest absolute Gasteiger partial charge is 0.290 e. The summed E-state index contributed by atoms with van der Waals surface area (Å²) in [4.78, 5) is 16.2. The molecule has 0 aliphatic carbocycles. The van der Waals surface area contributed by atoms with Gasteiger partial charge in [0.2, 0.25) is 0 Å². The summed E-state index contributed by atoms with van der Waals surface area (Å²) >= 11 is 0. The third kappa shape index (κ3) is 3.61. The Balaban J connectivity index is 1.48. The molecule has 2 aliphatic heterocycles. The number of rotatable bonds is 4. The fourth-order valence-corrected chi connectivity index (χ4v) is 6.05. The average Bonchev–Trinajstić information content (AvgIpc) is 3.22. The number of fused-ring (bicyclic) bond motifs is 1. The maximum absolute atomic E-state index is 13.1. The molecule has 2 fully saturated rings. The van der Waals surface area contributed by atoms with Gasteiger partial charge in [-0.1, -0.05) is 18.2 Å². The van der Waals surface area contributed by atoms with Crippen LogP contribution in [0.25, 0.3) is 11.0 Å². The predicted molar refractivity (Wildman–Crippen MR) is 101 cm³/mol. The lowest BCUT2D eigenvalue weighted by molar-refractivity contribution is -0.925. The van der Waals surface area contributed by atoms with Crippen LogP contribution in [0.3, 0.4) is 0 Å². The Morgan fingerprint density at radius 1 is 1.30 bits per heavy atom. The van der Waals surface area contributed by atoms with Gasteiger partial charge in [-0.15, -0.1) is 0 Å². The number of quaternary nitrogens is 1. The van der Waals surface area contributed by atoms with Crippen LogP contribution in [0.1, 0.15) is 22.5 Å². The number of methoxy groups -OCH3 is 1. The lowest BCUT2D eigenvalue weighted by Crippen LogP contribution is -3.18. The van der Waals surface area contributed by atoms with Crippen molar-refractivity contribution in [2.24, 2.45) is 0 Å². The topological polar surface area (TPSA) is 81.3 Å². The van der Waals surface area contributed by atoms with E-state index in [2.05, 4.69) is 0 Å². The molecule has 8 heteroatoms. The van der Waals surface area contributed by atoms with E-state index in [9.17, 15) is 13.2 Å². The molecule has 4 rings (SSSR count). The van der Waals surface area contributed by atoms with Crippen molar-refractivity contribution in [2.45, 2.75) is 19.1 Å². The molecule has 2 saturated heterocycles. The SMILES string of the molecule is COCc1c(C(=O)N2CC[NH+]([C@H]3CCS(=O)(=O)C3)CC2)oc2ccccc12. The van der Waals surface area contributed by atoms with Crippen molar-refractivity contribution in [3.05, 3.63) is 35.6 Å². The minimum Gasteiger partial charge on any atom is -0.451 e. The van der Waals surface area contributed by atoms with Gasteiger partial charge in [-0.25, -0.2) is 8.42 Å². The number of carbonyl (C=O) groups is 1. The lowest BCUT2D eigenvalue weighted by Gasteiger charge is -2.34. The summed E-state index contributed by atoms with van der Waals surface area (Å²) in [6.07, 6.45) is 0.729. The molecule has 1 amide bonds. The summed E-state index contributed by atoms with van der Waals surface area (Å²) in [5.41, 5.74) is 1.48. The van der Waals surface area contributed by atoms with Crippen LogP contribution in [0, 0.1) is 0 Å². The molecule has 2 aromatic rings. The van der Waals surface area contributed by atoms with E-state index in [1.165, 1.54) is 4.90 Å². The molecule has 3 heterocycles. The highest BCUT2D eigenvalue weighted by Crippen LogP contribution is 2.27. The van der Waals surface area contributed by atoms with Crippen LogP contribution in [0.15, 0.2) is 28.7 Å². The number of sulfone groups is 1. The zero-order chi connectivity index (χ0) is 19.0. The standard InChI is InChI=1S/C19H24N2O5S/c1-25-12-16-15-4-2-3-5-17(15)26-18(16)19(22)21-9-7-20(8-10-21)14-6-11-27(23,24)13-14/h2-5,14H,6-13H2,1H3/p+1/t14-/m0/s1. The van der Waals surface area contributed by atoms with Crippen molar-refractivity contribution in [3.8, 4) is 0 Å². The van der Waals surface area contributed by atoms with Crippen LogP contribution in [0.5, 0.6) is 0 Å². The first-order valence-corrected chi connectivity index (χ1v) is 11.1. The number of hydrogen-bond acceptors (Lipinski definition) is 5. The first-order chi connectivity index (χ1) is 13.0. The van der Waals surface area contributed by atoms with Crippen LogP contribution in [0.2, 0.25) is 0 Å². The zero-order valence-electron chi connectivity index (χ0n) is 15.4. The normalized spacial score (nSPS) is 23.1. The van der Waals surface area contributed by atoms with E-state index < -0.39 is 9.84 Å². The van der Waals surface area contributed by atoms with Crippen molar-refractivity contribution in [2.75, 3.05) is 44.8 Å². The minimum atomic E-state index is -2.87. The number of furan rings is 1. The van der Waals surface area contributed by atoms with Crippen molar-refractivity contribution in [1.29, 1.82) is 0 Å². The van der Waals surface area contributed by atoms with E-state index in [1.54, 1.807) is 7.11 Å². The lowest BCUT2D eigenvalue weighted by atomic mass is 10.1. The second-order valence-electron chi connectivity index (χ2n) is 7.39. The number of amides is 1. The van der Waals surface area contributed by atoms with Gasteiger partial charge in [0, 0.05) is 24.5 Å². The molecular weight excluding hydrogens is 368 g/mol. The number of ether oxygens (including phenoxy) is 1. The van der Waals surface area contributed by atoms with Crippen LogP contribution in [-0.2, 0) is 21.2 Å². The van der Waals surface area contributed by atoms with Gasteiger partial charge >= 0.3 is 0 Å². The largest absolute Gasteiger partial charge is 0.451 e. The Labute approximate surface area is 158 Å². The van der Waals surface area contributed by atoms with Gasteiger partial charge in [0.25, 0.3) is 5.91 Å². The van der Waals surface area contributed by atoms with Gasteiger partial charge in [0.15, 0.2) is 15.6 Å². The molecule has 2 aliphatic rings. The van der Waals surface area contributed by atoms with Crippen LogP contribution in [-0.4, -0.2) is 70.1 Å². The second kappa shape index (κ2) is 7.26. The highest BCUT2D eigenvalue weighted by atomic mass is 32.2. The Bertz CT molecular complexity index is 944. The van der Waals surface area contributed by atoms with Crippen molar-refractivity contribution in [1.82, 2.24) is 4.90 Å². The molecular formula is C19H25N2O5S+. The molecule has 0 saturated carbocycles. The summed E-state index contributed by atoms with van der Waals surface area (Å²) in [6, 6.07) is 7.76. The number of piperazine rings is 1. The Kier molecular flexibility index (Phi) is 4.96. The zero-order valence-corrected chi connectivity index (χ0v) is 16.3. The quantitative estimate of drug-likeness (QED) is 0.797. The van der Waals surface area contributed by atoms with E-state index in [-0.39, 0.29) is 17.7 Å². The van der Waals surface area contributed by atoms with Gasteiger partial charge < -0.3 is 19.0 Å². The van der Waals surface area contributed by atoms with E-state index in [4.69, 9.17) is 9.15 Å². The number of para-hydroxylation sites is 1. The third-order valence-electron chi connectivity index (χ3n) is 5.68. The van der Waals surface area contributed by atoms with Crippen molar-refractivity contribution < 1.29 is 27.3 Å². The maximum Gasteiger partial charge on any atom is 0.290 e. The van der Waals surface area contributed by atoms with Crippen LogP contribution in [0.4, 0.5) is 0 Å². The van der Waals surface area contributed by atoms with Gasteiger partial charge in [0.1, 0.15) is 17.4 Å². The molecule has 27 heavy (non-hydrogen) atoms. The molecule has 1 N–H and O–H groups in total. The van der Waals surface area contributed by atoms with E-state index in [0.29, 0.717) is 36.8 Å². The Hall–Kier alpha value is -1.90. The second-order valence-corrected chi connectivity index (χ2v) is 9.62. The highest BCUT2D eigenvalue weighted by molar-refractivity contribution is 7.91. The minimum absolute atomic E-state index is 0.114. The molecule has 0 bridgehead atoms. The fraction of sp³-hybridized carbons (Fsp3) is 0.526. The Morgan fingerprint density at radius 3 is 2.70 bits per heavy atom. The fourth-order valence-electron chi connectivity index (χ4n) is 4.23. The van der Waals surface area contributed by atoms with Crippen LogP contribution >= 0.6 is 0 Å². The molecule has 0 spiro atoms. The molecule has 1 atom stereocenters. The average molecular weight is 393 g/mol. The number of nitrogens with one attached hydrogen (secondary N) is 1. The molecule has 1 aromatic heterocycles. The summed E-state index contributed by atoms with van der Waals surface area (Å²) in [7, 11) is -1.27. The summed E-state index contributed by atoms with van der Waals surface area (Å²) in [5.74, 6) is 0.808. The van der Waals surface area contributed by atoms with E-state index in [1.807, 2.05) is 29.2 Å². The van der Waals surface area contributed by atoms with Crippen molar-refractivity contribution in [3.63, 3.8) is 0 Å². The molecule has 1 aromatic carbocycles. The number of hydrogen-bond donors (Lipinski definition) is 1. The predicted octanol–water partition coefficient (Wildman–Crippen LogP) is 0.107. The first kappa shape index (κ1) is 18.5. The van der Waals surface area contributed by atoms with Crippen LogP contribution < -0.4 is 4.90 Å². The first-order valence-electron chi connectivity index (χ1n) is 9.32. The number of benzene rings is 1.